The molecule has 0 bridgehead atoms. The van der Waals surface area contributed by atoms with Gasteiger partial charge in [0.1, 0.15) is 10.3 Å². The van der Waals surface area contributed by atoms with Gasteiger partial charge in [0.05, 0.1) is 4.34 Å². The number of carbonyl (C=O) groups is 1. The van der Waals surface area contributed by atoms with E-state index in [-0.39, 0.29) is 17.3 Å². The summed E-state index contributed by atoms with van der Waals surface area (Å²) >= 11 is 6.64. The predicted octanol–water partition coefficient (Wildman–Crippen LogP) is 0.449. The number of halogens is 1. The Morgan fingerprint density at radius 2 is 2.28 bits per heavy atom. The van der Waals surface area contributed by atoms with Gasteiger partial charge in [0, 0.05) is 19.6 Å². The average molecular weight is 311 g/mol. The van der Waals surface area contributed by atoms with Crippen molar-refractivity contribution in [1.82, 2.24) is 9.62 Å². The molecular weight excluding hydrogens is 300 g/mol. The SMILES string of the molecule is O=C(O)C1CNCCN1S(=O)(=O)c1ccc(Cl)s1. The molecule has 2 heterocycles. The van der Waals surface area contributed by atoms with Crippen molar-refractivity contribution in [2.75, 3.05) is 19.6 Å². The fourth-order valence-corrected chi connectivity index (χ4v) is 4.93. The molecule has 6 nitrogen and oxygen atoms in total. The number of hydrogen-bond donors (Lipinski definition) is 2. The van der Waals surface area contributed by atoms with Crippen molar-refractivity contribution in [3.05, 3.63) is 16.5 Å². The van der Waals surface area contributed by atoms with E-state index in [1.54, 1.807) is 0 Å². The first kappa shape index (κ1) is 13.8. The molecule has 1 unspecified atom stereocenters. The molecule has 1 aliphatic rings. The first-order valence-corrected chi connectivity index (χ1v) is 7.77. The van der Waals surface area contributed by atoms with Gasteiger partial charge in [-0.05, 0) is 12.1 Å². The maximum absolute atomic E-state index is 12.3. The molecule has 0 spiro atoms. The Bertz CT molecular complexity index is 557. The molecule has 1 fully saturated rings. The number of hydrogen-bond acceptors (Lipinski definition) is 5. The number of rotatable bonds is 3. The number of thiophene rings is 1. The zero-order valence-electron chi connectivity index (χ0n) is 9.17. The summed E-state index contributed by atoms with van der Waals surface area (Å²) in [5.74, 6) is -1.16. The quantitative estimate of drug-likeness (QED) is 0.846. The van der Waals surface area contributed by atoms with Crippen molar-refractivity contribution in [3.63, 3.8) is 0 Å². The van der Waals surface area contributed by atoms with Crippen LogP contribution in [-0.2, 0) is 14.8 Å². The molecule has 9 heteroatoms. The van der Waals surface area contributed by atoms with E-state index in [4.69, 9.17) is 16.7 Å². The lowest BCUT2D eigenvalue weighted by Crippen LogP contribution is -2.56. The van der Waals surface area contributed by atoms with Crippen LogP contribution in [0.2, 0.25) is 4.34 Å². The van der Waals surface area contributed by atoms with Gasteiger partial charge in [-0.15, -0.1) is 11.3 Å². The molecule has 0 aliphatic carbocycles. The van der Waals surface area contributed by atoms with Crippen molar-refractivity contribution >= 4 is 38.9 Å². The molecule has 1 saturated heterocycles. The maximum Gasteiger partial charge on any atom is 0.323 e. The van der Waals surface area contributed by atoms with Gasteiger partial charge >= 0.3 is 5.97 Å². The van der Waals surface area contributed by atoms with Crippen LogP contribution in [0.1, 0.15) is 0 Å². The van der Waals surface area contributed by atoms with Crippen molar-refractivity contribution < 1.29 is 18.3 Å². The number of sulfonamides is 1. The summed E-state index contributed by atoms with van der Waals surface area (Å²) in [6, 6.07) is 1.80. The highest BCUT2D eigenvalue weighted by atomic mass is 35.5. The third-order valence-electron chi connectivity index (χ3n) is 2.59. The van der Waals surface area contributed by atoms with Crippen LogP contribution in [0.25, 0.3) is 0 Å². The molecule has 18 heavy (non-hydrogen) atoms. The maximum atomic E-state index is 12.3. The summed E-state index contributed by atoms with van der Waals surface area (Å²) < 4.78 is 26.0. The van der Waals surface area contributed by atoms with Crippen LogP contribution < -0.4 is 5.32 Å². The van der Waals surface area contributed by atoms with Gasteiger partial charge < -0.3 is 10.4 Å². The number of carboxylic acids is 1. The van der Waals surface area contributed by atoms with Crippen molar-refractivity contribution in [1.29, 1.82) is 0 Å². The standard InChI is InChI=1S/C9H11ClN2O4S2/c10-7-1-2-8(17-7)18(15,16)12-4-3-11-5-6(12)9(13)14/h1-2,6,11H,3-5H2,(H,13,14). The van der Waals surface area contributed by atoms with Crippen LogP contribution >= 0.6 is 22.9 Å². The largest absolute Gasteiger partial charge is 0.480 e. The van der Waals surface area contributed by atoms with Crippen molar-refractivity contribution in [2.24, 2.45) is 0 Å². The highest BCUT2D eigenvalue weighted by Gasteiger charge is 2.38. The summed E-state index contributed by atoms with van der Waals surface area (Å²) in [6.45, 7) is 0.671. The molecule has 0 amide bonds. The number of nitrogens with zero attached hydrogens (tertiary/aromatic N) is 1. The molecule has 1 aromatic rings. The van der Waals surface area contributed by atoms with Crippen LogP contribution in [-0.4, -0.2) is 49.5 Å². The lowest BCUT2D eigenvalue weighted by molar-refractivity contribution is -0.141. The van der Waals surface area contributed by atoms with Gasteiger partial charge in [-0.3, -0.25) is 4.79 Å². The molecule has 0 saturated carbocycles. The Morgan fingerprint density at radius 1 is 1.56 bits per heavy atom. The van der Waals surface area contributed by atoms with Gasteiger partial charge in [0.2, 0.25) is 0 Å². The third-order valence-corrected chi connectivity index (χ3v) is 6.20. The molecule has 2 rings (SSSR count). The van der Waals surface area contributed by atoms with Crippen molar-refractivity contribution in [3.8, 4) is 0 Å². The summed E-state index contributed by atoms with van der Waals surface area (Å²) in [5, 5.41) is 11.9. The topological polar surface area (TPSA) is 86.7 Å². The summed E-state index contributed by atoms with van der Waals surface area (Å²) in [7, 11) is -3.79. The van der Waals surface area contributed by atoms with Crippen LogP contribution in [0.4, 0.5) is 0 Å². The van der Waals surface area contributed by atoms with Crippen LogP contribution in [0.3, 0.4) is 0 Å². The molecule has 1 atom stereocenters. The normalized spacial score (nSPS) is 21.9. The monoisotopic (exact) mass is 310 g/mol. The highest BCUT2D eigenvalue weighted by molar-refractivity contribution is 7.91. The summed E-state index contributed by atoms with van der Waals surface area (Å²) in [4.78, 5) is 11.1. The van der Waals surface area contributed by atoms with E-state index in [0.29, 0.717) is 10.9 Å². The lowest BCUT2D eigenvalue weighted by atomic mass is 10.2. The number of piperazine rings is 1. The minimum Gasteiger partial charge on any atom is -0.480 e. The number of nitrogens with one attached hydrogen (secondary N) is 1. The molecule has 100 valence electrons. The second-order valence-corrected chi connectivity index (χ2v) is 7.56. The third kappa shape index (κ3) is 2.52. The van der Waals surface area contributed by atoms with Crippen LogP contribution in [0, 0.1) is 0 Å². The first-order chi connectivity index (χ1) is 8.43. The Hall–Kier alpha value is -0.670. The zero-order chi connectivity index (χ0) is 13.3. The highest BCUT2D eigenvalue weighted by Crippen LogP contribution is 2.29. The van der Waals surface area contributed by atoms with Gasteiger partial charge in [-0.1, -0.05) is 11.6 Å². The van der Waals surface area contributed by atoms with E-state index in [1.807, 2.05) is 0 Å². The predicted molar refractivity (Wildman–Crippen MR) is 67.5 cm³/mol. The summed E-state index contributed by atoms with van der Waals surface area (Å²) in [6.07, 6.45) is 0. The van der Waals surface area contributed by atoms with Crippen LogP contribution in [0.5, 0.6) is 0 Å². The van der Waals surface area contributed by atoms with E-state index in [0.717, 1.165) is 15.6 Å². The first-order valence-electron chi connectivity index (χ1n) is 5.13. The van der Waals surface area contributed by atoms with Gasteiger partial charge in [-0.2, -0.15) is 4.31 Å². The molecule has 1 aliphatic heterocycles. The Labute approximate surface area is 113 Å². The Kier molecular flexibility index (Phi) is 3.93. The fraction of sp³-hybridized carbons (Fsp3) is 0.444. The van der Waals surface area contributed by atoms with E-state index >= 15 is 0 Å². The molecule has 0 radical (unpaired) electrons. The molecule has 0 aromatic carbocycles. The molecular formula is C9H11ClN2O4S2. The van der Waals surface area contributed by atoms with Gasteiger partial charge in [0.25, 0.3) is 10.0 Å². The average Bonchev–Trinajstić information content (AvgIpc) is 2.76. The number of aliphatic carboxylic acids is 1. The number of carboxylic acid groups (broad SMARTS) is 1. The van der Waals surface area contributed by atoms with Gasteiger partial charge in [-0.25, -0.2) is 8.42 Å². The summed E-state index contributed by atoms with van der Waals surface area (Å²) in [5.41, 5.74) is 0. The smallest absolute Gasteiger partial charge is 0.323 e. The minimum absolute atomic E-state index is 0.0700. The van der Waals surface area contributed by atoms with Crippen LogP contribution in [0.15, 0.2) is 16.3 Å². The Morgan fingerprint density at radius 3 is 2.83 bits per heavy atom. The zero-order valence-corrected chi connectivity index (χ0v) is 11.6. The minimum atomic E-state index is -3.79. The molecule has 2 N–H and O–H groups in total. The van der Waals surface area contributed by atoms with E-state index in [1.165, 1.54) is 12.1 Å². The second kappa shape index (κ2) is 5.14. The fourth-order valence-electron chi connectivity index (χ4n) is 1.74. The van der Waals surface area contributed by atoms with E-state index in [2.05, 4.69) is 5.32 Å². The van der Waals surface area contributed by atoms with Crippen molar-refractivity contribution in [2.45, 2.75) is 10.3 Å². The van der Waals surface area contributed by atoms with E-state index in [9.17, 15) is 13.2 Å². The lowest BCUT2D eigenvalue weighted by Gasteiger charge is -2.31. The molecule has 1 aromatic heterocycles. The van der Waals surface area contributed by atoms with E-state index < -0.39 is 22.0 Å². The van der Waals surface area contributed by atoms with Gasteiger partial charge in [0.15, 0.2) is 0 Å². The Balaban J connectivity index is 2.36. The second-order valence-electron chi connectivity index (χ2n) is 3.73.